The zero-order chi connectivity index (χ0) is 22.7. The fourth-order valence-electron chi connectivity index (χ4n) is 4.04. The SMILES string of the molecule is Cc1nc([C@H]2CCCN2C(=O)CN2CCNC(=O)C2)ncc1C(=O)Nc1ccc(F)cc1. The molecule has 2 aromatic rings. The van der Waals surface area contributed by atoms with Crippen molar-refractivity contribution in [2.75, 3.05) is 38.0 Å². The van der Waals surface area contributed by atoms with Gasteiger partial charge in [0.15, 0.2) is 5.82 Å². The number of hydrogen-bond donors (Lipinski definition) is 2. The Kier molecular flexibility index (Phi) is 6.40. The predicted molar refractivity (Wildman–Crippen MR) is 114 cm³/mol. The summed E-state index contributed by atoms with van der Waals surface area (Å²) in [5.41, 5.74) is 1.29. The molecule has 0 bridgehead atoms. The lowest BCUT2D eigenvalue weighted by atomic mass is 10.1. The summed E-state index contributed by atoms with van der Waals surface area (Å²) in [5.74, 6) is -0.394. The number of piperazine rings is 1. The van der Waals surface area contributed by atoms with Crippen molar-refractivity contribution in [3.63, 3.8) is 0 Å². The maximum Gasteiger partial charge on any atom is 0.259 e. The standard InChI is InChI=1S/C22H25FN6O3/c1-14-17(22(32)27-16-6-4-15(23)5-7-16)11-25-21(26-14)18-3-2-9-29(18)20(31)13-28-10-8-24-19(30)12-28/h4-7,11,18H,2-3,8-10,12-13H2,1H3,(H,24,30)(H,27,32)/t18-/m1/s1. The van der Waals surface area contributed by atoms with Gasteiger partial charge in [0.2, 0.25) is 11.8 Å². The minimum absolute atomic E-state index is 0.0541. The number of benzene rings is 1. The average molecular weight is 440 g/mol. The van der Waals surface area contributed by atoms with Crippen molar-refractivity contribution < 1.29 is 18.8 Å². The summed E-state index contributed by atoms with van der Waals surface area (Å²) in [5, 5.41) is 5.46. The molecule has 0 saturated carbocycles. The highest BCUT2D eigenvalue weighted by atomic mass is 19.1. The lowest BCUT2D eigenvalue weighted by molar-refractivity contribution is -0.134. The molecule has 4 rings (SSSR count). The molecule has 32 heavy (non-hydrogen) atoms. The van der Waals surface area contributed by atoms with E-state index in [0.29, 0.717) is 42.4 Å². The van der Waals surface area contributed by atoms with Gasteiger partial charge in [0, 0.05) is 31.5 Å². The van der Waals surface area contributed by atoms with E-state index in [9.17, 15) is 18.8 Å². The van der Waals surface area contributed by atoms with Gasteiger partial charge in [-0.05, 0) is 44.0 Å². The van der Waals surface area contributed by atoms with Crippen LogP contribution in [-0.4, -0.2) is 70.2 Å². The van der Waals surface area contributed by atoms with Gasteiger partial charge in [-0.2, -0.15) is 0 Å². The third kappa shape index (κ3) is 4.91. The third-order valence-corrected chi connectivity index (χ3v) is 5.69. The first-order chi connectivity index (χ1) is 15.4. The maximum absolute atomic E-state index is 13.1. The number of aryl methyl sites for hydroxylation is 1. The van der Waals surface area contributed by atoms with Gasteiger partial charge < -0.3 is 15.5 Å². The first-order valence-electron chi connectivity index (χ1n) is 10.6. The second-order valence-corrected chi connectivity index (χ2v) is 7.99. The van der Waals surface area contributed by atoms with Crippen LogP contribution in [0.2, 0.25) is 0 Å². The van der Waals surface area contributed by atoms with Crippen molar-refractivity contribution in [2.24, 2.45) is 0 Å². The zero-order valence-corrected chi connectivity index (χ0v) is 17.8. The summed E-state index contributed by atoms with van der Waals surface area (Å²) in [6.45, 7) is 3.92. The number of rotatable bonds is 5. The molecule has 9 nitrogen and oxygen atoms in total. The number of carbonyl (C=O) groups is 3. The summed E-state index contributed by atoms with van der Waals surface area (Å²) >= 11 is 0. The quantitative estimate of drug-likeness (QED) is 0.725. The monoisotopic (exact) mass is 440 g/mol. The van der Waals surface area contributed by atoms with Gasteiger partial charge in [-0.3, -0.25) is 19.3 Å². The van der Waals surface area contributed by atoms with Crippen molar-refractivity contribution >= 4 is 23.4 Å². The van der Waals surface area contributed by atoms with E-state index in [1.807, 2.05) is 4.90 Å². The van der Waals surface area contributed by atoms with Crippen molar-refractivity contribution in [2.45, 2.75) is 25.8 Å². The number of carbonyl (C=O) groups excluding carboxylic acids is 3. The van der Waals surface area contributed by atoms with E-state index >= 15 is 0 Å². The van der Waals surface area contributed by atoms with Crippen molar-refractivity contribution in [3.8, 4) is 0 Å². The van der Waals surface area contributed by atoms with Gasteiger partial charge >= 0.3 is 0 Å². The van der Waals surface area contributed by atoms with Gasteiger partial charge in [0.05, 0.1) is 30.4 Å². The topological polar surface area (TPSA) is 108 Å². The molecular weight excluding hydrogens is 415 g/mol. The average Bonchev–Trinajstić information content (AvgIpc) is 3.25. The molecular formula is C22H25FN6O3. The molecule has 2 N–H and O–H groups in total. The molecule has 2 fully saturated rings. The molecule has 0 unspecified atom stereocenters. The highest BCUT2D eigenvalue weighted by Gasteiger charge is 2.33. The molecule has 0 spiro atoms. The van der Waals surface area contributed by atoms with Gasteiger partial charge in [-0.15, -0.1) is 0 Å². The Morgan fingerprint density at radius 2 is 2.03 bits per heavy atom. The summed E-state index contributed by atoms with van der Waals surface area (Å²) < 4.78 is 13.1. The summed E-state index contributed by atoms with van der Waals surface area (Å²) in [4.78, 5) is 49.6. The Labute approximate surface area is 185 Å². The first kappa shape index (κ1) is 21.8. The number of anilines is 1. The molecule has 3 amide bonds. The number of halogens is 1. The van der Waals surface area contributed by atoms with Gasteiger partial charge in [0.25, 0.3) is 5.91 Å². The van der Waals surface area contributed by atoms with Crippen LogP contribution in [0.25, 0.3) is 0 Å². The molecule has 10 heteroatoms. The van der Waals surface area contributed by atoms with Crippen LogP contribution in [-0.2, 0) is 9.59 Å². The molecule has 1 aromatic heterocycles. The van der Waals surface area contributed by atoms with Crippen LogP contribution in [0.4, 0.5) is 10.1 Å². The minimum atomic E-state index is -0.386. The molecule has 1 atom stereocenters. The van der Waals surface area contributed by atoms with Crippen LogP contribution >= 0.6 is 0 Å². The van der Waals surface area contributed by atoms with Crippen LogP contribution in [0.1, 0.15) is 40.8 Å². The molecule has 2 aliphatic heterocycles. The third-order valence-electron chi connectivity index (χ3n) is 5.69. The van der Waals surface area contributed by atoms with Gasteiger partial charge in [-0.25, -0.2) is 14.4 Å². The van der Waals surface area contributed by atoms with Gasteiger partial charge in [0.1, 0.15) is 5.82 Å². The Hall–Kier alpha value is -3.40. The number of hydrogen-bond acceptors (Lipinski definition) is 6. The predicted octanol–water partition coefficient (Wildman–Crippen LogP) is 1.27. The molecule has 2 aliphatic rings. The Morgan fingerprint density at radius 1 is 1.25 bits per heavy atom. The van der Waals surface area contributed by atoms with Crippen LogP contribution in [0.15, 0.2) is 30.5 Å². The van der Waals surface area contributed by atoms with E-state index in [-0.39, 0.29) is 42.7 Å². The van der Waals surface area contributed by atoms with Crippen molar-refractivity contribution in [3.05, 3.63) is 53.4 Å². The number of nitrogens with one attached hydrogen (secondary N) is 2. The number of aromatic nitrogens is 2. The van der Waals surface area contributed by atoms with Crippen LogP contribution in [0.5, 0.6) is 0 Å². The lowest BCUT2D eigenvalue weighted by Crippen LogP contribution is -2.51. The lowest BCUT2D eigenvalue weighted by Gasteiger charge is -2.30. The van der Waals surface area contributed by atoms with Crippen molar-refractivity contribution in [1.82, 2.24) is 25.1 Å². The van der Waals surface area contributed by atoms with E-state index in [1.54, 1.807) is 11.8 Å². The molecule has 3 heterocycles. The number of amides is 3. The van der Waals surface area contributed by atoms with Gasteiger partial charge in [-0.1, -0.05) is 0 Å². The van der Waals surface area contributed by atoms with Crippen LogP contribution in [0, 0.1) is 12.7 Å². The fraction of sp³-hybridized carbons (Fsp3) is 0.409. The fourth-order valence-corrected chi connectivity index (χ4v) is 4.04. The Bertz CT molecular complexity index is 1030. The van der Waals surface area contributed by atoms with Crippen molar-refractivity contribution in [1.29, 1.82) is 0 Å². The molecule has 2 saturated heterocycles. The summed E-state index contributed by atoms with van der Waals surface area (Å²) in [7, 11) is 0. The second-order valence-electron chi connectivity index (χ2n) is 7.99. The van der Waals surface area contributed by atoms with E-state index < -0.39 is 0 Å². The van der Waals surface area contributed by atoms with E-state index in [2.05, 4.69) is 20.6 Å². The zero-order valence-electron chi connectivity index (χ0n) is 17.8. The Balaban J connectivity index is 1.44. The minimum Gasteiger partial charge on any atom is -0.354 e. The van der Waals surface area contributed by atoms with Crippen LogP contribution in [0.3, 0.4) is 0 Å². The maximum atomic E-state index is 13.1. The first-order valence-corrected chi connectivity index (χ1v) is 10.6. The molecule has 0 radical (unpaired) electrons. The van der Waals surface area contributed by atoms with Crippen LogP contribution < -0.4 is 10.6 Å². The highest BCUT2D eigenvalue weighted by Crippen LogP contribution is 2.30. The number of likely N-dealkylation sites (tertiary alicyclic amines) is 1. The molecule has 0 aliphatic carbocycles. The van der Waals surface area contributed by atoms with E-state index in [0.717, 1.165) is 12.8 Å². The molecule has 1 aromatic carbocycles. The number of nitrogens with zero attached hydrogens (tertiary/aromatic N) is 4. The second kappa shape index (κ2) is 9.39. The largest absolute Gasteiger partial charge is 0.354 e. The smallest absolute Gasteiger partial charge is 0.259 e. The summed E-state index contributed by atoms with van der Waals surface area (Å²) in [6.07, 6.45) is 3.05. The normalized spacial score (nSPS) is 19.0. The highest BCUT2D eigenvalue weighted by molar-refractivity contribution is 6.04. The summed E-state index contributed by atoms with van der Waals surface area (Å²) in [6, 6.07) is 5.24. The Morgan fingerprint density at radius 3 is 2.75 bits per heavy atom. The van der Waals surface area contributed by atoms with E-state index in [4.69, 9.17) is 0 Å². The molecule has 168 valence electrons. The van der Waals surface area contributed by atoms with E-state index in [1.165, 1.54) is 30.5 Å².